The number of furan rings is 1. The summed E-state index contributed by atoms with van der Waals surface area (Å²) in [6.07, 6.45) is 3.18. The molecule has 0 saturated carbocycles. The summed E-state index contributed by atoms with van der Waals surface area (Å²) >= 11 is 1.77. The summed E-state index contributed by atoms with van der Waals surface area (Å²) in [5.74, 6) is 1.49. The quantitative estimate of drug-likeness (QED) is 0.489. The van der Waals surface area contributed by atoms with Crippen LogP contribution in [0.2, 0.25) is 0 Å². The Morgan fingerprint density at radius 3 is 2.90 bits per heavy atom. The van der Waals surface area contributed by atoms with Gasteiger partial charge in [0.05, 0.1) is 12.3 Å². The highest BCUT2D eigenvalue weighted by molar-refractivity contribution is 7.10. The molecule has 0 aliphatic carbocycles. The molecule has 1 amide bonds. The minimum atomic E-state index is -0.0416. The van der Waals surface area contributed by atoms with Crippen LogP contribution >= 0.6 is 11.3 Å². The van der Waals surface area contributed by atoms with Gasteiger partial charge in [0.1, 0.15) is 0 Å². The number of amides is 1. The predicted molar refractivity (Wildman–Crippen MR) is 108 cm³/mol. The van der Waals surface area contributed by atoms with Crippen molar-refractivity contribution in [3.63, 3.8) is 0 Å². The van der Waals surface area contributed by atoms with Crippen LogP contribution in [0.3, 0.4) is 0 Å². The minimum absolute atomic E-state index is 0.0416. The fourth-order valence-corrected chi connectivity index (χ4v) is 4.70. The molecule has 6 nitrogen and oxygen atoms in total. The molecule has 4 heterocycles. The standard InChI is InChI=1S/C22H19N3O3S/c26-20(9-8-19-23-22(24-28-19)17-7-4-13-27-17)25-12-10-18-16(11-14-29-18)21(25)15-5-2-1-3-6-15/h1-7,11,13-14,21H,8-10,12H2/t21-/m0/s1. The highest BCUT2D eigenvalue weighted by Crippen LogP contribution is 2.38. The number of thiophene rings is 1. The van der Waals surface area contributed by atoms with Crippen LogP contribution in [0.15, 0.2) is 69.1 Å². The normalized spacial score (nSPS) is 16.0. The first-order valence-electron chi connectivity index (χ1n) is 9.57. The Morgan fingerprint density at radius 1 is 1.17 bits per heavy atom. The Balaban J connectivity index is 1.33. The van der Waals surface area contributed by atoms with Crippen LogP contribution in [0.25, 0.3) is 11.6 Å². The van der Waals surface area contributed by atoms with Gasteiger partial charge in [-0.05, 0) is 41.1 Å². The number of hydrogen-bond acceptors (Lipinski definition) is 6. The second-order valence-electron chi connectivity index (χ2n) is 6.94. The minimum Gasteiger partial charge on any atom is -0.461 e. The van der Waals surface area contributed by atoms with E-state index in [1.165, 1.54) is 10.4 Å². The highest BCUT2D eigenvalue weighted by Gasteiger charge is 2.32. The molecular formula is C22H19N3O3S. The maximum atomic E-state index is 13.1. The molecule has 146 valence electrons. The molecule has 0 spiro atoms. The lowest BCUT2D eigenvalue weighted by molar-refractivity contribution is -0.133. The van der Waals surface area contributed by atoms with Gasteiger partial charge in [-0.25, -0.2) is 0 Å². The zero-order valence-corrected chi connectivity index (χ0v) is 16.5. The molecule has 0 N–H and O–H groups in total. The van der Waals surface area contributed by atoms with Crippen LogP contribution in [0.1, 0.15) is 34.4 Å². The molecule has 0 radical (unpaired) electrons. The molecule has 1 aromatic carbocycles. The van der Waals surface area contributed by atoms with Gasteiger partial charge in [-0.2, -0.15) is 4.98 Å². The van der Waals surface area contributed by atoms with Crippen molar-refractivity contribution in [1.29, 1.82) is 0 Å². The van der Waals surface area contributed by atoms with Gasteiger partial charge in [-0.1, -0.05) is 35.5 Å². The predicted octanol–water partition coefficient (Wildman–Crippen LogP) is 4.50. The topological polar surface area (TPSA) is 72.4 Å². The van der Waals surface area contributed by atoms with Gasteiger partial charge in [-0.15, -0.1) is 11.3 Å². The third-order valence-corrected chi connectivity index (χ3v) is 6.16. The Kier molecular flexibility index (Phi) is 4.73. The van der Waals surface area contributed by atoms with Crippen LogP contribution in [-0.2, 0) is 17.6 Å². The van der Waals surface area contributed by atoms with Gasteiger partial charge in [-0.3, -0.25) is 4.79 Å². The van der Waals surface area contributed by atoms with E-state index < -0.39 is 0 Å². The van der Waals surface area contributed by atoms with Crippen molar-refractivity contribution in [3.05, 3.63) is 82.1 Å². The van der Waals surface area contributed by atoms with Crippen molar-refractivity contribution in [2.45, 2.75) is 25.3 Å². The van der Waals surface area contributed by atoms with Crippen molar-refractivity contribution < 1.29 is 13.7 Å². The van der Waals surface area contributed by atoms with E-state index in [0.717, 1.165) is 12.0 Å². The summed E-state index contributed by atoms with van der Waals surface area (Å²) in [6, 6.07) is 15.9. The lowest BCUT2D eigenvalue weighted by Gasteiger charge is -2.36. The molecule has 3 aromatic heterocycles. The maximum Gasteiger partial charge on any atom is 0.238 e. The van der Waals surface area contributed by atoms with Crippen LogP contribution < -0.4 is 0 Å². The summed E-state index contributed by atoms with van der Waals surface area (Å²) < 4.78 is 10.6. The lowest BCUT2D eigenvalue weighted by Crippen LogP contribution is -2.40. The van der Waals surface area contributed by atoms with Crippen molar-refractivity contribution >= 4 is 17.2 Å². The Bertz CT molecular complexity index is 1100. The van der Waals surface area contributed by atoms with E-state index in [-0.39, 0.29) is 11.9 Å². The molecule has 29 heavy (non-hydrogen) atoms. The van der Waals surface area contributed by atoms with E-state index in [1.54, 1.807) is 29.7 Å². The van der Waals surface area contributed by atoms with Gasteiger partial charge in [0.25, 0.3) is 0 Å². The van der Waals surface area contributed by atoms with Gasteiger partial charge in [0.2, 0.25) is 17.6 Å². The third kappa shape index (κ3) is 3.49. The fourth-order valence-electron chi connectivity index (χ4n) is 3.80. The number of aryl methyl sites for hydroxylation is 1. The number of benzene rings is 1. The molecular weight excluding hydrogens is 386 g/mol. The summed E-state index contributed by atoms with van der Waals surface area (Å²) in [4.78, 5) is 20.8. The molecule has 4 aromatic rings. The summed E-state index contributed by atoms with van der Waals surface area (Å²) in [6.45, 7) is 0.716. The molecule has 0 saturated heterocycles. The molecule has 0 unspecified atom stereocenters. The van der Waals surface area contributed by atoms with E-state index in [2.05, 4.69) is 33.7 Å². The van der Waals surface area contributed by atoms with E-state index >= 15 is 0 Å². The highest BCUT2D eigenvalue weighted by atomic mass is 32.1. The zero-order valence-electron chi connectivity index (χ0n) is 15.7. The monoisotopic (exact) mass is 405 g/mol. The first-order valence-corrected chi connectivity index (χ1v) is 10.4. The number of carbonyl (C=O) groups excluding carboxylic acids is 1. The van der Waals surface area contributed by atoms with Gasteiger partial charge >= 0.3 is 0 Å². The maximum absolute atomic E-state index is 13.1. The van der Waals surface area contributed by atoms with Crippen LogP contribution in [0.4, 0.5) is 0 Å². The van der Waals surface area contributed by atoms with Crippen molar-refractivity contribution in [2.24, 2.45) is 0 Å². The van der Waals surface area contributed by atoms with Crippen LogP contribution in [0, 0.1) is 0 Å². The zero-order chi connectivity index (χ0) is 19.6. The van der Waals surface area contributed by atoms with E-state index in [1.807, 2.05) is 23.1 Å². The lowest BCUT2D eigenvalue weighted by atomic mass is 9.93. The Labute approximate surface area is 171 Å². The molecule has 1 aliphatic heterocycles. The number of aromatic nitrogens is 2. The van der Waals surface area contributed by atoms with Gasteiger partial charge in [0.15, 0.2) is 5.76 Å². The second kappa shape index (κ2) is 7.67. The van der Waals surface area contributed by atoms with E-state index in [9.17, 15) is 4.79 Å². The van der Waals surface area contributed by atoms with Crippen LogP contribution in [0.5, 0.6) is 0 Å². The van der Waals surface area contributed by atoms with Crippen LogP contribution in [-0.4, -0.2) is 27.5 Å². The SMILES string of the molecule is O=C(CCc1nc(-c2ccco2)no1)N1CCc2sccc2[C@@H]1c1ccccc1. The molecule has 7 heteroatoms. The summed E-state index contributed by atoms with van der Waals surface area (Å²) in [5.41, 5.74) is 2.37. The van der Waals surface area contributed by atoms with Crippen molar-refractivity contribution in [1.82, 2.24) is 15.0 Å². The summed E-state index contributed by atoms with van der Waals surface area (Å²) in [7, 11) is 0. The molecule has 0 bridgehead atoms. The van der Waals surface area contributed by atoms with Crippen molar-refractivity contribution in [2.75, 3.05) is 6.54 Å². The Morgan fingerprint density at radius 2 is 2.07 bits per heavy atom. The molecule has 1 aliphatic rings. The van der Waals surface area contributed by atoms with Crippen molar-refractivity contribution in [3.8, 4) is 11.6 Å². The molecule has 5 rings (SSSR count). The molecule has 0 fully saturated rings. The number of fused-ring (bicyclic) bond motifs is 1. The molecule has 1 atom stereocenters. The largest absolute Gasteiger partial charge is 0.461 e. The first kappa shape index (κ1) is 17.9. The first-order chi connectivity index (χ1) is 14.3. The number of rotatable bonds is 5. The second-order valence-corrected chi connectivity index (χ2v) is 7.94. The average molecular weight is 405 g/mol. The third-order valence-electron chi connectivity index (χ3n) is 5.16. The fraction of sp³-hybridized carbons (Fsp3) is 0.227. The number of carbonyl (C=O) groups is 1. The van der Waals surface area contributed by atoms with E-state index in [4.69, 9.17) is 8.94 Å². The average Bonchev–Trinajstić information content (AvgIpc) is 3.52. The number of nitrogens with zero attached hydrogens (tertiary/aromatic N) is 3. The smallest absolute Gasteiger partial charge is 0.238 e. The van der Waals surface area contributed by atoms with E-state index in [0.29, 0.717) is 36.9 Å². The number of hydrogen-bond donors (Lipinski definition) is 0. The van der Waals surface area contributed by atoms with Gasteiger partial charge < -0.3 is 13.8 Å². The van der Waals surface area contributed by atoms with Gasteiger partial charge in [0, 0.05) is 24.3 Å². The summed E-state index contributed by atoms with van der Waals surface area (Å²) in [5, 5.41) is 6.05. The Hall–Kier alpha value is -3.19.